The first-order valence-corrected chi connectivity index (χ1v) is 9.77. The number of halogens is 1. The van der Waals surface area contributed by atoms with Crippen molar-refractivity contribution in [2.24, 2.45) is 7.05 Å². The summed E-state index contributed by atoms with van der Waals surface area (Å²) in [5.41, 5.74) is 2.60. The van der Waals surface area contributed by atoms with Gasteiger partial charge in [-0.1, -0.05) is 17.7 Å². The summed E-state index contributed by atoms with van der Waals surface area (Å²) < 4.78 is 11.6. The Hall–Kier alpha value is -2.84. The highest BCUT2D eigenvalue weighted by Crippen LogP contribution is 2.26. The van der Waals surface area contributed by atoms with Crippen molar-refractivity contribution < 1.29 is 4.74 Å². The standard InChI is InChI=1S/C20H22ClN5O3/c1-5-29-10-9-24-18(27)16-17(23(4)20(24)28)22-19-25(16)11-12(2)26(19)15-8-6-7-14(21)13(15)3/h6-8,11H,5,9-10H2,1-4H3. The number of aromatic nitrogens is 5. The molecule has 152 valence electrons. The monoisotopic (exact) mass is 415 g/mol. The number of aryl methyl sites for hydroxylation is 2. The van der Waals surface area contributed by atoms with Gasteiger partial charge < -0.3 is 4.74 Å². The van der Waals surface area contributed by atoms with E-state index in [4.69, 9.17) is 16.3 Å². The molecule has 29 heavy (non-hydrogen) atoms. The second-order valence-electron chi connectivity index (χ2n) is 6.94. The lowest BCUT2D eigenvalue weighted by molar-refractivity contribution is 0.137. The molecule has 0 atom stereocenters. The molecular formula is C20H22ClN5O3. The van der Waals surface area contributed by atoms with Crippen LogP contribution in [0.4, 0.5) is 0 Å². The van der Waals surface area contributed by atoms with Crippen molar-refractivity contribution in [3.63, 3.8) is 0 Å². The number of fused-ring (bicyclic) bond motifs is 3. The predicted octanol–water partition coefficient (Wildman–Crippen LogP) is 2.45. The third kappa shape index (κ3) is 2.90. The van der Waals surface area contributed by atoms with E-state index in [2.05, 4.69) is 4.98 Å². The summed E-state index contributed by atoms with van der Waals surface area (Å²) in [5, 5.41) is 0.649. The van der Waals surface area contributed by atoms with Crippen LogP contribution >= 0.6 is 11.6 Å². The summed E-state index contributed by atoms with van der Waals surface area (Å²) in [6.45, 7) is 6.75. The van der Waals surface area contributed by atoms with Crippen LogP contribution in [-0.4, -0.2) is 36.3 Å². The molecule has 0 unspecified atom stereocenters. The third-order valence-electron chi connectivity index (χ3n) is 5.17. The lowest BCUT2D eigenvalue weighted by Crippen LogP contribution is -2.40. The van der Waals surface area contributed by atoms with Gasteiger partial charge in [-0.3, -0.25) is 22.9 Å². The van der Waals surface area contributed by atoms with Crippen LogP contribution in [-0.2, 0) is 18.3 Å². The Bertz CT molecular complexity index is 1360. The fraction of sp³-hybridized carbons (Fsp3) is 0.350. The van der Waals surface area contributed by atoms with Crippen LogP contribution in [0.2, 0.25) is 5.02 Å². The molecule has 0 N–H and O–H groups in total. The fourth-order valence-electron chi connectivity index (χ4n) is 3.64. The Labute approximate surface area is 171 Å². The second kappa shape index (κ2) is 7.20. The zero-order chi connectivity index (χ0) is 20.9. The highest BCUT2D eigenvalue weighted by Gasteiger charge is 2.21. The highest BCUT2D eigenvalue weighted by atomic mass is 35.5. The van der Waals surface area contributed by atoms with E-state index >= 15 is 0 Å². The number of ether oxygens (including phenoxy) is 1. The topological polar surface area (TPSA) is 75.5 Å². The lowest BCUT2D eigenvalue weighted by Gasteiger charge is -2.10. The third-order valence-corrected chi connectivity index (χ3v) is 5.58. The summed E-state index contributed by atoms with van der Waals surface area (Å²) in [6.07, 6.45) is 1.85. The zero-order valence-corrected chi connectivity index (χ0v) is 17.5. The van der Waals surface area contributed by atoms with Crippen LogP contribution in [0.15, 0.2) is 34.0 Å². The van der Waals surface area contributed by atoms with Gasteiger partial charge in [-0.05, 0) is 38.5 Å². The molecule has 0 aliphatic rings. The molecule has 1 aromatic carbocycles. The first-order chi connectivity index (χ1) is 13.9. The van der Waals surface area contributed by atoms with E-state index in [1.807, 2.05) is 49.7 Å². The number of hydrogen-bond acceptors (Lipinski definition) is 4. The van der Waals surface area contributed by atoms with E-state index in [1.165, 1.54) is 9.13 Å². The lowest BCUT2D eigenvalue weighted by atomic mass is 10.2. The van der Waals surface area contributed by atoms with Gasteiger partial charge in [0.05, 0.1) is 18.8 Å². The Morgan fingerprint density at radius 3 is 2.69 bits per heavy atom. The number of imidazole rings is 2. The largest absolute Gasteiger partial charge is 0.380 e. The highest BCUT2D eigenvalue weighted by molar-refractivity contribution is 6.31. The molecule has 3 aromatic heterocycles. The normalized spacial score (nSPS) is 11.8. The second-order valence-corrected chi connectivity index (χ2v) is 7.35. The van der Waals surface area contributed by atoms with E-state index < -0.39 is 5.69 Å². The van der Waals surface area contributed by atoms with Gasteiger partial charge in [-0.2, -0.15) is 4.98 Å². The van der Waals surface area contributed by atoms with E-state index in [1.54, 1.807) is 11.4 Å². The number of benzene rings is 1. The van der Waals surface area contributed by atoms with Gasteiger partial charge in [0, 0.05) is 30.6 Å². The maximum absolute atomic E-state index is 13.2. The predicted molar refractivity (Wildman–Crippen MR) is 113 cm³/mol. The van der Waals surface area contributed by atoms with Gasteiger partial charge in [0.2, 0.25) is 5.78 Å². The average Bonchev–Trinajstić information content (AvgIpc) is 3.20. The molecule has 0 fully saturated rings. The van der Waals surface area contributed by atoms with Gasteiger partial charge >= 0.3 is 5.69 Å². The van der Waals surface area contributed by atoms with Gasteiger partial charge in [0.25, 0.3) is 5.56 Å². The van der Waals surface area contributed by atoms with Crippen LogP contribution in [0.3, 0.4) is 0 Å². The summed E-state index contributed by atoms with van der Waals surface area (Å²) in [7, 11) is 1.62. The van der Waals surface area contributed by atoms with Crippen LogP contribution in [0, 0.1) is 13.8 Å². The molecule has 0 aliphatic carbocycles. The molecule has 0 saturated carbocycles. The van der Waals surface area contributed by atoms with E-state index in [0.29, 0.717) is 35.2 Å². The van der Waals surface area contributed by atoms with E-state index in [0.717, 1.165) is 16.9 Å². The fourth-order valence-corrected chi connectivity index (χ4v) is 3.81. The molecule has 0 saturated heterocycles. The number of nitrogens with zero attached hydrogens (tertiary/aromatic N) is 5. The zero-order valence-electron chi connectivity index (χ0n) is 16.8. The van der Waals surface area contributed by atoms with Crippen LogP contribution in [0.1, 0.15) is 18.2 Å². The minimum atomic E-state index is -0.412. The number of rotatable bonds is 5. The first kappa shape index (κ1) is 19.5. The first-order valence-electron chi connectivity index (χ1n) is 9.40. The summed E-state index contributed by atoms with van der Waals surface area (Å²) in [6, 6.07) is 5.66. The van der Waals surface area contributed by atoms with Gasteiger partial charge in [0.1, 0.15) is 0 Å². The van der Waals surface area contributed by atoms with Crippen molar-refractivity contribution in [1.82, 2.24) is 23.1 Å². The molecule has 4 rings (SSSR count). The Balaban J connectivity index is 2.05. The van der Waals surface area contributed by atoms with Gasteiger partial charge in [0.15, 0.2) is 11.2 Å². The quantitative estimate of drug-likeness (QED) is 0.469. The maximum atomic E-state index is 13.2. The van der Waals surface area contributed by atoms with Crippen LogP contribution < -0.4 is 11.2 Å². The molecule has 0 bridgehead atoms. The molecule has 0 amide bonds. The van der Waals surface area contributed by atoms with E-state index in [-0.39, 0.29) is 12.1 Å². The van der Waals surface area contributed by atoms with Crippen molar-refractivity contribution in [2.75, 3.05) is 13.2 Å². The molecule has 0 spiro atoms. The SMILES string of the molecule is CCOCCn1c(=O)c2c(nc3n(-c4cccc(Cl)c4C)c(C)cn23)n(C)c1=O. The van der Waals surface area contributed by atoms with Crippen LogP contribution in [0.5, 0.6) is 0 Å². The molecule has 4 aromatic rings. The minimum absolute atomic E-state index is 0.190. The minimum Gasteiger partial charge on any atom is -0.380 e. The van der Waals surface area contributed by atoms with Crippen molar-refractivity contribution in [3.8, 4) is 5.69 Å². The van der Waals surface area contributed by atoms with Crippen molar-refractivity contribution in [1.29, 1.82) is 0 Å². The van der Waals surface area contributed by atoms with E-state index in [9.17, 15) is 9.59 Å². The maximum Gasteiger partial charge on any atom is 0.332 e. The Morgan fingerprint density at radius 2 is 1.97 bits per heavy atom. The van der Waals surface area contributed by atoms with Crippen molar-refractivity contribution in [2.45, 2.75) is 27.3 Å². The summed E-state index contributed by atoms with van der Waals surface area (Å²) in [4.78, 5) is 30.5. The average molecular weight is 416 g/mol. The Morgan fingerprint density at radius 1 is 1.21 bits per heavy atom. The van der Waals surface area contributed by atoms with Gasteiger partial charge in [-0.25, -0.2) is 4.79 Å². The van der Waals surface area contributed by atoms with Crippen molar-refractivity contribution >= 4 is 28.5 Å². The smallest absolute Gasteiger partial charge is 0.332 e. The molecule has 3 heterocycles. The van der Waals surface area contributed by atoms with Crippen molar-refractivity contribution in [3.05, 3.63) is 61.5 Å². The summed E-state index contributed by atoms with van der Waals surface area (Å²) in [5.74, 6) is 0.553. The molecule has 8 nitrogen and oxygen atoms in total. The molecular weight excluding hydrogens is 394 g/mol. The molecule has 9 heteroatoms. The van der Waals surface area contributed by atoms with Crippen LogP contribution in [0.25, 0.3) is 22.6 Å². The molecule has 0 radical (unpaired) electrons. The number of hydrogen-bond donors (Lipinski definition) is 0. The Kier molecular flexibility index (Phi) is 4.84. The molecule has 0 aliphatic heterocycles. The summed E-state index contributed by atoms with van der Waals surface area (Å²) >= 11 is 6.31. The van der Waals surface area contributed by atoms with Gasteiger partial charge in [-0.15, -0.1) is 0 Å².